The molecule has 1 N–H and O–H groups in total. The smallest absolute Gasteiger partial charge is 0.309 e. The molecule has 3 nitrogen and oxygen atoms in total. The predicted octanol–water partition coefficient (Wildman–Crippen LogP) is 2.55. The van der Waals surface area contributed by atoms with Gasteiger partial charge in [-0.05, 0) is 48.9 Å². The van der Waals surface area contributed by atoms with Crippen molar-refractivity contribution < 1.29 is 14.6 Å². The molecule has 1 aromatic rings. The molecule has 0 radical (unpaired) electrons. The van der Waals surface area contributed by atoms with Gasteiger partial charge in [-0.2, -0.15) is 0 Å². The van der Waals surface area contributed by atoms with Crippen molar-refractivity contribution in [1.82, 2.24) is 0 Å². The Labute approximate surface area is 107 Å². The van der Waals surface area contributed by atoms with Crippen LogP contribution in [0.25, 0.3) is 0 Å². The molecular formula is C15H18O3. The van der Waals surface area contributed by atoms with E-state index in [4.69, 9.17) is 4.74 Å². The van der Waals surface area contributed by atoms with E-state index in [0.717, 1.165) is 32.1 Å². The number of phenols is 1. The number of benzene rings is 1. The third kappa shape index (κ3) is 1.61. The van der Waals surface area contributed by atoms with Crippen molar-refractivity contribution in [2.45, 2.75) is 37.5 Å². The fourth-order valence-corrected chi connectivity index (χ4v) is 3.47. The van der Waals surface area contributed by atoms with E-state index in [1.807, 2.05) is 12.1 Å². The summed E-state index contributed by atoms with van der Waals surface area (Å²) in [6.07, 6.45) is 5.25. The number of carbonyl (C=O) groups excluding carboxylic acids is 1. The van der Waals surface area contributed by atoms with Crippen LogP contribution in [0.15, 0.2) is 18.2 Å². The minimum atomic E-state index is -0.105. The van der Waals surface area contributed by atoms with Crippen molar-refractivity contribution in [1.29, 1.82) is 0 Å². The van der Waals surface area contributed by atoms with Crippen LogP contribution in [0.4, 0.5) is 0 Å². The second-order valence-corrected chi connectivity index (χ2v) is 5.48. The van der Waals surface area contributed by atoms with Crippen LogP contribution < -0.4 is 0 Å². The maximum atomic E-state index is 11.8. The van der Waals surface area contributed by atoms with Gasteiger partial charge in [0.05, 0.1) is 13.0 Å². The Kier molecular flexibility index (Phi) is 2.58. The van der Waals surface area contributed by atoms with Gasteiger partial charge in [-0.25, -0.2) is 0 Å². The number of aromatic hydroxyl groups is 1. The first-order valence-electron chi connectivity index (χ1n) is 6.57. The zero-order chi connectivity index (χ0) is 12.8. The maximum Gasteiger partial charge on any atom is 0.309 e. The SMILES string of the molecule is COC(=O)[C@@H]1C[C@]12CCCCc1ccc(O)cc12. The van der Waals surface area contributed by atoms with E-state index in [-0.39, 0.29) is 17.3 Å². The number of rotatable bonds is 1. The predicted molar refractivity (Wildman–Crippen MR) is 67.5 cm³/mol. The Morgan fingerprint density at radius 1 is 1.44 bits per heavy atom. The molecule has 2 atom stereocenters. The normalized spacial score (nSPS) is 29.5. The van der Waals surface area contributed by atoms with Gasteiger partial charge in [0.1, 0.15) is 5.75 Å². The first-order valence-corrected chi connectivity index (χ1v) is 6.57. The molecule has 1 saturated carbocycles. The molecule has 96 valence electrons. The van der Waals surface area contributed by atoms with Gasteiger partial charge >= 0.3 is 5.97 Å². The van der Waals surface area contributed by atoms with Crippen LogP contribution in [0, 0.1) is 5.92 Å². The van der Waals surface area contributed by atoms with E-state index < -0.39 is 0 Å². The molecule has 0 heterocycles. The minimum Gasteiger partial charge on any atom is -0.508 e. The summed E-state index contributed by atoms with van der Waals surface area (Å²) in [4.78, 5) is 11.8. The van der Waals surface area contributed by atoms with Gasteiger partial charge in [0.15, 0.2) is 0 Å². The molecule has 1 aromatic carbocycles. The van der Waals surface area contributed by atoms with Crippen molar-refractivity contribution in [2.75, 3.05) is 7.11 Å². The summed E-state index contributed by atoms with van der Waals surface area (Å²) in [5.41, 5.74) is 2.41. The molecule has 0 aromatic heterocycles. The zero-order valence-electron chi connectivity index (χ0n) is 10.6. The number of carbonyl (C=O) groups is 1. The van der Waals surface area contributed by atoms with Crippen molar-refractivity contribution in [2.24, 2.45) is 5.92 Å². The van der Waals surface area contributed by atoms with Crippen LogP contribution in [0.2, 0.25) is 0 Å². The molecule has 0 bridgehead atoms. The molecule has 0 saturated heterocycles. The monoisotopic (exact) mass is 246 g/mol. The lowest BCUT2D eigenvalue weighted by molar-refractivity contribution is -0.142. The van der Waals surface area contributed by atoms with E-state index in [2.05, 4.69) is 0 Å². The molecule has 1 fully saturated rings. The highest BCUT2D eigenvalue weighted by atomic mass is 16.5. The van der Waals surface area contributed by atoms with E-state index in [1.54, 1.807) is 6.07 Å². The molecule has 3 rings (SSSR count). The highest BCUT2D eigenvalue weighted by Crippen LogP contribution is 2.60. The molecule has 3 heteroatoms. The van der Waals surface area contributed by atoms with Gasteiger partial charge in [-0.1, -0.05) is 12.5 Å². The van der Waals surface area contributed by atoms with Crippen LogP contribution >= 0.6 is 0 Å². The van der Waals surface area contributed by atoms with Gasteiger partial charge in [-0.3, -0.25) is 4.79 Å². The second-order valence-electron chi connectivity index (χ2n) is 5.48. The molecule has 2 aliphatic rings. The lowest BCUT2D eigenvalue weighted by Crippen LogP contribution is -2.17. The Morgan fingerprint density at radius 2 is 2.28 bits per heavy atom. The largest absolute Gasteiger partial charge is 0.508 e. The summed E-state index contributed by atoms with van der Waals surface area (Å²) in [7, 11) is 1.45. The summed E-state index contributed by atoms with van der Waals surface area (Å²) in [6, 6.07) is 5.60. The number of hydrogen-bond acceptors (Lipinski definition) is 3. The molecule has 1 spiro atoms. The summed E-state index contributed by atoms with van der Waals surface area (Å²) in [6.45, 7) is 0. The molecule has 18 heavy (non-hydrogen) atoms. The lowest BCUT2D eigenvalue weighted by atomic mass is 9.87. The number of aryl methyl sites for hydroxylation is 1. The van der Waals surface area contributed by atoms with E-state index in [1.165, 1.54) is 18.2 Å². The Morgan fingerprint density at radius 3 is 3.06 bits per heavy atom. The summed E-state index contributed by atoms with van der Waals surface area (Å²) >= 11 is 0. The van der Waals surface area contributed by atoms with Crippen molar-refractivity contribution in [3.63, 3.8) is 0 Å². The second kappa shape index (κ2) is 4.01. The number of fused-ring (bicyclic) bond motifs is 2. The highest BCUT2D eigenvalue weighted by Gasteiger charge is 2.60. The van der Waals surface area contributed by atoms with Crippen LogP contribution in [-0.2, 0) is 21.4 Å². The molecule has 2 aliphatic carbocycles. The summed E-state index contributed by atoms with van der Waals surface area (Å²) in [5.74, 6) is 0.179. The van der Waals surface area contributed by atoms with Crippen LogP contribution in [0.3, 0.4) is 0 Å². The number of ether oxygens (including phenoxy) is 1. The lowest BCUT2D eigenvalue weighted by Gasteiger charge is -2.18. The Balaban J connectivity index is 2.03. The van der Waals surface area contributed by atoms with Gasteiger partial charge in [0.2, 0.25) is 0 Å². The number of hydrogen-bond donors (Lipinski definition) is 1. The van der Waals surface area contributed by atoms with Crippen molar-refractivity contribution in [3.8, 4) is 5.75 Å². The van der Waals surface area contributed by atoms with Crippen LogP contribution in [0.1, 0.15) is 36.8 Å². The standard InChI is InChI=1S/C15H18O3/c1-18-14(17)13-9-15(13)7-3-2-4-10-5-6-11(16)8-12(10)15/h5-6,8,13,16H,2-4,7,9H2,1H3/t13-,15-/m0/s1. The zero-order valence-corrected chi connectivity index (χ0v) is 10.6. The van der Waals surface area contributed by atoms with E-state index in [9.17, 15) is 9.90 Å². The molecule has 0 unspecified atom stereocenters. The third-order valence-electron chi connectivity index (χ3n) is 4.51. The first kappa shape index (κ1) is 11.6. The molecule has 0 amide bonds. The summed E-state index contributed by atoms with van der Waals surface area (Å²) < 4.78 is 4.89. The number of methoxy groups -OCH3 is 1. The average Bonchev–Trinajstić information content (AvgIpc) is 3.13. The van der Waals surface area contributed by atoms with Crippen LogP contribution in [-0.4, -0.2) is 18.2 Å². The molecular weight excluding hydrogens is 228 g/mol. The van der Waals surface area contributed by atoms with Crippen molar-refractivity contribution in [3.05, 3.63) is 29.3 Å². The van der Waals surface area contributed by atoms with Gasteiger partial charge in [0.25, 0.3) is 0 Å². The first-order chi connectivity index (χ1) is 8.67. The van der Waals surface area contributed by atoms with E-state index >= 15 is 0 Å². The quantitative estimate of drug-likeness (QED) is 0.775. The van der Waals surface area contributed by atoms with Gasteiger partial charge in [0, 0.05) is 5.41 Å². The van der Waals surface area contributed by atoms with E-state index in [0.29, 0.717) is 5.75 Å². The Hall–Kier alpha value is -1.51. The van der Waals surface area contributed by atoms with Crippen LogP contribution in [0.5, 0.6) is 5.75 Å². The fourth-order valence-electron chi connectivity index (χ4n) is 3.47. The highest BCUT2D eigenvalue weighted by molar-refractivity contribution is 5.79. The number of phenolic OH excluding ortho intramolecular Hbond substituents is 1. The summed E-state index contributed by atoms with van der Waals surface area (Å²) in [5, 5.41) is 9.71. The molecule has 0 aliphatic heterocycles. The van der Waals surface area contributed by atoms with Gasteiger partial charge in [-0.15, -0.1) is 0 Å². The number of esters is 1. The third-order valence-corrected chi connectivity index (χ3v) is 4.51. The average molecular weight is 246 g/mol. The topological polar surface area (TPSA) is 46.5 Å². The Bertz CT molecular complexity index is 495. The van der Waals surface area contributed by atoms with Gasteiger partial charge < -0.3 is 9.84 Å². The fraction of sp³-hybridized carbons (Fsp3) is 0.533. The maximum absolute atomic E-state index is 11.8. The minimum absolute atomic E-state index is 0.0128. The van der Waals surface area contributed by atoms with Crippen molar-refractivity contribution >= 4 is 5.97 Å².